The zero-order chi connectivity index (χ0) is 16.2. The minimum Gasteiger partial charge on any atom is -0.383 e. The molecule has 118 valence electrons. The van der Waals surface area contributed by atoms with Crippen LogP contribution in [-0.2, 0) is 4.74 Å². The Morgan fingerprint density at radius 2 is 2.22 bits per heavy atom. The Hall–Kier alpha value is -2.73. The topological polar surface area (TPSA) is 68.5 Å². The highest BCUT2D eigenvalue weighted by Gasteiger charge is 2.11. The van der Waals surface area contributed by atoms with Crippen LogP contribution in [0.5, 0.6) is 0 Å². The van der Waals surface area contributed by atoms with Gasteiger partial charge in [-0.2, -0.15) is 0 Å². The summed E-state index contributed by atoms with van der Waals surface area (Å²) in [6.45, 7) is 2.82. The van der Waals surface area contributed by atoms with Crippen LogP contribution in [0.4, 0.5) is 5.82 Å². The monoisotopic (exact) mass is 310 g/mol. The van der Waals surface area contributed by atoms with Crippen molar-refractivity contribution in [3.8, 4) is 11.3 Å². The lowest BCUT2D eigenvalue weighted by Gasteiger charge is -2.07. The number of fused-ring (bicyclic) bond motifs is 1. The summed E-state index contributed by atoms with van der Waals surface area (Å²) in [4.78, 5) is 20.4. The van der Waals surface area contributed by atoms with Gasteiger partial charge in [-0.3, -0.25) is 9.20 Å². The van der Waals surface area contributed by atoms with Gasteiger partial charge >= 0.3 is 0 Å². The third-order valence-electron chi connectivity index (χ3n) is 3.59. The Bertz CT molecular complexity index is 841. The normalized spacial score (nSPS) is 10.9. The summed E-state index contributed by atoms with van der Waals surface area (Å²) in [6, 6.07) is 7.54. The molecule has 3 rings (SSSR count). The van der Waals surface area contributed by atoms with Crippen LogP contribution >= 0.6 is 0 Å². The van der Waals surface area contributed by atoms with Crippen LogP contribution in [-0.4, -0.2) is 40.4 Å². The molecule has 1 aromatic carbocycles. The zero-order valence-corrected chi connectivity index (χ0v) is 13.1. The Morgan fingerprint density at radius 3 is 3.00 bits per heavy atom. The maximum absolute atomic E-state index is 11.6. The van der Waals surface area contributed by atoms with Gasteiger partial charge < -0.3 is 10.1 Å². The maximum atomic E-state index is 11.6. The second kappa shape index (κ2) is 6.58. The van der Waals surface area contributed by atoms with Crippen molar-refractivity contribution in [3.63, 3.8) is 0 Å². The molecule has 0 bridgehead atoms. The molecule has 0 atom stereocenters. The van der Waals surface area contributed by atoms with Crippen molar-refractivity contribution >= 4 is 17.2 Å². The summed E-state index contributed by atoms with van der Waals surface area (Å²) in [6.07, 6.45) is 5.37. The second-order valence-corrected chi connectivity index (χ2v) is 5.17. The number of ketones is 1. The number of methoxy groups -OCH3 is 1. The molecule has 0 aliphatic rings. The van der Waals surface area contributed by atoms with E-state index in [1.54, 1.807) is 26.4 Å². The maximum Gasteiger partial charge on any atom is 0.180 e. The Balaban J connectivity index is 2.01. The third-order valence-corrected chi connectivity index (χ3v) is 3.59. The molecular formula is C17H18N4O2. The lowest BCUT2D eigenvalue weighted by atomic mass is 10.1. The van der Waals surface area contributed by atoms with Gasteiger partial charge in [0.15, 0.2) is 17.2 Å². The van der Waals surface area contributed by atoms with E-state index >= 15 is 0 Å². The molecule has 0 aliphatic heterocycles. The van der Waals surface area contributed by atoms with Gasteiger partial charge in [0.05, 0.1) is 18.5 Å². The van der Waals surface area contributed by atoms with Crippen molar-refractivity contribution in [2.45, 2.75) is 6.92 Å². The van der Waals surface area contributed by atoms with E-state index in [-0.39, 0.29) is 5.78 Å². The molecule has 2 heterocycles. The highest BCUT2D eigenvalue weighted by molar-refractivity contribution is 5.95. The van der Waals surface area contributed by atoms with Gasteiger partial charge in [0.2, 0.25) is 0 Å². The predicted octanol–water partition coefficient (Wildman–Crippen LogP) is 2.66. The molecule has 0 spiro atoms. The van der Waals surface area contributed by atoms with E-state index in [1.165, 1.54) is 0 Å². The van der Waals surface area contributed by atoms with Crippen LogP contribution in [0.3, 0.4) is 0 Å². The molecule has 1 N–H and O–H groups in total. The fourth-order valence-electron chi connectivity index (χ4n) is 2.43. The van der Waals surface area contributed by atoms with E-state index in [9.17, 15) is 4.79 Å². The molecule has 23 heavy (non-hydrogen) atoms. The number of anilines is 1. The largest absolute Gasteiger partial charge is 0.383 e. The molecule has 2 aromatic heterocycles. The van der Waals surface area contributed by atoms with Crippen molar-refractivity contribution in [2.75, 3.05) is 25.6 Å². The predicted molar refractivity (Wildman–Crippen MR) is 88.8 cm³/mol. The van der Waals surface area contributed by atoms with Crippen LogP contribution in [0, 0.1) is 0 Å². The number of nitrogens with zero attached hydrogens (tertiary/aromatic N) is 3. The molecule has 0 saturated heterocycles. The van der Waals surface area contributed by atoms with Gasteiger partial charge in [0.25, 0.3) is 0 Å². The smallest absolute Gasteiger partial charge is 0.180 e. The molecule has 0 aliphatic carbocycles. The molecule has 0 saturated carbocycles. The quantitative estimate of drug-likeness (QED) is 0.560. The number of ether oxygens (including phenoxy) is 1. The lowest BCUT2D eigenvalue weighted by Crippen LogP contribution is -2.10. The van der Waals surface area contributed by atoms with Crippen molar-refractivity contribution in [2.24, 2.45) is 0 Å². The Kier molecular flexibility index (Phi) is 4.34. The van der Waals surface area contributed by atoms with Crippen molar-refractivity contribution in [3.05, 3.63) is 48.4 Å². The van der Waals surface area contributed by atoms with Crippen LogP contribution < -0.4 is 5.32 Å². The fraction of sp³-hybridized carbons (Fsp3) is 0.235. The highest BCUT2D eigenvalue weighted by atomic mass is 16.5. The van der Waals surface area contributed by atoms with Gasteiger partial charge in [-0.1, -0.05) is 18.2 Å². The van der Waals surface area contributed by atoms with Crippen LogP contribution in [0.2, 0.25) is 0 Å². The Morgan fingerprint density at radius 1 is 1.35 bits per heavy atom. The van der Waals surface area contributed by atoms with E-state index in [1.807, 2.05) is 34.9 Å². The summed E-state index contributed by atoms with van der Waals surface area (Å²) in [5, 5.41) is 3.21. The number of carbonyl (C=O) groups excluding carboxylic acids is 1. The molecule has 0 amide bonds. The van der Waals surface area contributed by atoms with Gasteiger partial charge in [-0.15, -0.1) is 0 Å². The third kappa shape index (κ3) is 3.07. The summed E-state index contributed by atoms with van der Waals surface area (Å²) < 4.78 is 7.00. The fourth-order valence-corrected chi connectivity index (χ4v) is 2.43. The number of Topliss-reactive ketones (excluding diaryl/α,β-unsaturated/α-hetero) is 1. The van der Waals surface area contributed by atoms with Gasteiger partial charge in [0.1, 0.15) is 0 Å². The first-order chi connectivity index (χ1) is 11.2. The van der Waals surface area contributed by atoms with Gasteiger partial charge in [0, 0.05) is 37.2 Å². The molecule has 6 nitrogen and oxygen atoms in total. The van der Waals surface area contributed by atoms with Gasteiger partial charge in [-0.05, 0) is 13.0 Å². The minimum absolute atomic E-state index is 0.0456. The summed E-state index contributed by atoms with van der Waals surface area (Å²) in [5.74, 6) is 0.753. The van der Waals surface area contributed by atoms with E-state index in [0.29, 0.717) is 24.5 Å². The molecule has 0 radical (unpaired) electrons. The number of benzene rings is 1. The van der Waals surface area contributed by atoms with Crippen molar-refractivity contribution in [1.29, 1.82) is 0 Å². The number of imidazole rings is 1. The molecule has 3 aromatic rings. The van der Waals surface area contributed by atoms with Crippen LogP contribution in [0.1, 0.15) is 17.3 Å². The summed E-state index contributed by atoms with van der Waals surface area (Å²) in [5.41, 5.74) is 3.29. The van der Waals surface area contributed by atoms with E-state index < -0.39 is 0 Å². The number of aromatic nitrogens is 3. The second-order valence-electron chi connectivity index (χ2n) is 5.17. The summed E-state index contributed by atoms with van der Waals surface area (Å²) in [7, 11) is 1.66. The number of nitrogens with one attached hydrogen (secondary N) is 1. The molecule has 0 unspecified atom stereocenters. The first-order valence-corrected chi connectivity index (χ1v) is 7.37. The van der Waals surface area contributed by atoms with E-state index in [2.05, 4.69) is 15.3 Å². The highest BCUT2D eigenvalue weighted by Crippen LogP contribution is 2.24. The molecular weight excluding hydrogens is 292 g/mol. The number of hydrogen-bond acceptors (Lipinski definition) is 5. The summed E-state index contributed by atoms with van der Waals surface area (Å²) >= 11 is 0. The average molecular weight is 310 g/mol. The minimum atomic E-state index is 0.0456. The standard InChI is InChI=1S/C17H18N4O2/c1-12(22)13-4-3-5-14(10-13)15-11-20-17-16(19-7-9-23-2)18-6-8-21(15)17/h3-6,8,10-11H,7,9H2,1-2H3,(H,18,19). The van der Waals surface area contributed by atoms with E-state index in [0.717, 1.165) is 16.9 Å². The Labute approximate surface area is 134 Å². The first kappa shape index (κ1) is 15.2. The average Bonchev–Trinajstić information content (AvgIpc) is 3.00. The number of rotatable bonds is 6. The lowest BCUT2D eigenvalue weighted by molar-refractivity contribution is 0.101. The number of hydrogen-bond donors (Lipinski definition) is 1. The SMILES string of the molecule is COCCNc1nccn2c(-c3cccc(C(C)=O)c3)cnc12. The molecule has 6 heteroatoms. The zero-order valence-electron chi connectivity index (χ0n) is 13.1. The van der Waals surface area contributed by atoms with Crippen LogP contribution in [0.25, 0.3) is 16.9 Å². The van der Waals surface area contributed by atoms with Crippen LogP contribution in [0.15, 0.2) is 42.9 Å². The van der Waals surface area contributed by atoms with Crippen molar-refractivity contribution in [1.82, 2.24) is 14.4 Å². The number of carbonyl (C=O) groups is 1. The first-order valence-electron chi connectivity index (χ1n) is 7.37. The molecule has 0 fully saturated rings. The van der Waals surface area contributed by atoms with Crippen molar-refractivity contribution < 1.29 is 9.53 Å². The van der Waals surface area contributed by atoms with Gasteiger partial charge in [-0.25, -0.2) is 9.97 Å². The van der Waals surface area contributed by atoms with E-state index in [4.69, 9.17) is 4.74 Å².